The van der Waals surface area contributed by atoms with Gasteiger partial charge in [0.25, 0.3) is 5.69 Å². The van der Waals surface area contributed by atoms with Crippen molar-refractivity contribution in [2.75, 3.05) is 12.4 Å². The van der Waals surface area contributed by atoms with Crippen molar-refractivity contribution >= 4 is 11.5 Å². The fourth-order valence-corrected chi connectivity index (χ4v) is 1.78. The van der Waals surface area contributed by atoms with Gasteiger partial charge < -0.3 is 10.1 Å². The largest absolute Gasteiger partial charge is 0.497 e. The zero-order valence-electron chi connectivity index (χ0n) is 11.2. The topological polar surface area (TPSA) is 77.3 Å². The predicted octanol–water partition coefficient (Wildman–Crippen LogP) is 3.17. The smallest absolute Gasteiger partial charge is 0.287 e. The molecule has 0 aliphatic carbocycles. The molecule has 104 valence electrons. The van der Waals surface area contributed by atoms with E-state index >= 15 is 0 Å². The number of ether oxygens (including phenoxy) is 1. The Kier molecular flexibility index (Phi) is 4.14. The molecule has 1 aromatic heterocycles. The van der Waals surface area contributed by atoms with Gasteiger partial charge in [-0.2, -0.15) is 0 Å². The second kappa shape index (κ2) is 6.01. The van der Waals surface area contributed by atoms with E-state index in [0.717, 1.165) is 11.3 Å². The van der Waals surface area contributed by atoms with Crippen molar-refractivity contribution in [2.45, 2.75) is 13.0 Å². The minimum Gasteiger partial charge on any atom is -0.497 e. The van der Waals surface area contributed by atoms with E-state index in [9.17, 15) is 10.1 Å². The molecule has 1 aromatic carbocycles. The third-order valence-corrected chi connectivity index (χ3v) is 2.94. The lowest BCUT2D eigenvalue weighted by molar-refractivity contribution is -0.385. The molecule has 1 atom stereocenters. The summed E-state index contributed by atoms with van der Waals surface area (Å²) in [5.41, 5.74) is 1.05. The van der Waals surface area contributed by atoms with E-state index < -0.39 is 4.92 Å². The molecule has 0 radical (unpaired) electrons. The molecule has 0 fully saturated rings. The molecular formula is C14H15N3O3. The maximum Gasteiger partial charge on any atom is 0.287 e. The first-order valence-corrected chi connectivity index (χ1v) is 6.11. The lowest BCUT2D eigenvalue weighted by Gasteiger charge is -2.15. The fraction of sp³-hybridized carbons (Fsp3) is 0.214. The summed E-state index contributed by atoms with van der Waals surface area (Å²) in [5, 5.41) is 13.7. The predicted molar refractivity (Wildman–Crippen MR) is 75.9 cm³/mol. The van der Waals surface area contributed by atoms with E-state index in [1.165, 1.54) is 12.3 Å². The summed E-state index contributed by atoms with van der Waals surface area (Å²) in [7, 11) is 1.62. The van der Waals surface area contributed by atoms with E-state index in [1.54, 1.807) is 13.2 Å². The van der Waals surface area contributed by atoms with Crippen LogP contribution < -0.4 is 10.1 Å². The number of nitrogens with one attached hydrogen (secondary N) is 1. The summed E-state index contributed by atoms with van der Waals surface area (Å²) in [6, 6.07) is 10.8. The monoisotopic (exact) mass is 273 g/mol. The first-order chi connectivity index (χ1) is 9.60. The third kappa shape index (κ3) is 3.23. The highest BCUT2D eigenvalue weighted by atomic mass is 16.6. The number of anilines is 1. The number of nitrogens with zero attached hydrogens (tertiary/aromatic N) is 2. The second-order valence-corrected chi connectivity index (χ2v) is 4.30. The maximum absolute atomic E-state index is 10.5. The summed E-state index contributed by atoms with van der Waals surface area (Å²) in [5.74, 6) is 1.40. The highest BCUT2D eigenvalue weighted by Gasteiger charge is 2.09. The molecule has 0 aliphatic heterocycles. The number of rotatable bonds is 5. The molecule has 6 heteroatoms. The molecule has 2 aromatic rings. The number of aromatic nitrogens is 1. The van der Waals surface area contributed by atoms with Crippen LogP contribution in [0.2, 0.25) is 0 Å². The molecule has 0 spiro atoms. The molecule has 0 saturated heterocycles. The molecule has 20 heavy (non-hydrogen) atoms. The van der Waals surface area contributed by atoms with E-state index in [-0.39, 0.29) is 11.7 Å². The zero-order valence-corrected chi connectivity index (χ0v) is 11.2. The summed E-state index contributed by atoms with van der Waals surface area (Å²) in [6.07, 6.45) is 1.24. The van der Waals surface area contributed by atoms with Gasteiger partial charge in [-0.3, -0.25) is 10.1 Å². The van der Waals surface area contributed by atoms with Crippen molar-refractivity contribution in [1.82, 2.24) is 4.98 Å². The molecule has 0 amide bonds. The van der Waals surface area contributed by atoms with Crippen LogP contribution in [0.5, 0.6) is 5.75 Å². The van der Waals surface area contributed by atoms with E-state index in [4.69, 9.17) is 4.74 Å². The van der Waals surface area contributed by atoms with Crippen LogP contribution in [0.3, 0.4) is 0 Å². The van der Waals surface area contributed by atoms with Crippen molar-refractivity contribution in [1.29, 1.82) is 0 Å². The van der Waals surface area contributed by atoms with Crippen molar-refractivity contribution in [3.63, 3.8) is 0 Å². The third-order valence-electron chi connectivity index (χ3n) is 2.94. The van der Waals surface area contributed by atoms with Crippen LogP contribution in [-0.2, 0) is 0 Å². The lowest BCUT2D eigenvalue weighted by Crippen LogP contribution is -2.07. The lowest BCUT2D eigenvalue weighted by atomic mass is 10.1. The highest BCUT2D eigenvalue weighted by Crippen LogP contribution is 2.21. The van der Waals surface area contributed by atoms with Gasteiger partial charge in [0, 0.05) is 12.1 Å². The van der Waals surface area contributed by atoms with E-state index in [2.05, 4.69) is 10.3 Å². The molecule has 1 N–H and O–H groups in total. The average Bonchev–Trinajstić information content (AvgIpc) is 2.48. The molecule has 1 unspecified atom stereocenters. The molecule has 1 heterocycles. The Balaban J connectivity index is 2.06. The Labute approximate surface area is 116 Å². The average molecular weight is 273 g/mol. The Morgan fingerprint density at radius 1 is 1.25 bits per heavy atom. The summed E-state index contributed by atoms with van der Waals surface area (Å²) < 4.78 is 5.11. The molecule has 6 nitrogen and oxygen atoms in total. The van der Waals surface area contributed by atoms with E-state index in [1.807, 2.05) is 31.2 Å². The van der Waals surface area contributed by atoms with Gasteiger partial charge >= 0.3 is 0 Å². The SMILES string of the molecule is COc1ccc(C(C)Nc2ccc([N+](=O)[O-])cn2)cc1. The quantitative estimate of drug-likeness (QED) is 0.668. The zero-order chi connectivity index (χ0) is 14.5. The van der Waals surface area contributed by atoms with Crippen LogP contribution in [0.15, 0.2) is 42.6 Å². The van der Waals surface area contributed by atoms with Gasteiger partial charge in [0.15, 0.2) is 0 Å². The number of nitro groups is 1. The minimum absolute atomic E-state index is 0.0207. The highest BCUT2D eigenvalue weighted by molar-refractivity contribution is 5.42. The number of hydrogen-bond acceptors (Lipinski definition) is 5. The second-order valence-electron chi connectivity index (χ2n) is 4.30. The van der Waals surface area contributed by atoms with Crippen molar-refractivity contribution in [3.05, 3.63) is 58.3 Å². The number of methoxy groups -OCH3 is 1. The van der Waals surface area contributed by atoms with Crippen molar-refractivity contribution in [2.24, 2.45) is 0 Å². The van der Waals surface area contributed by atoms with Crippen LogP contribution in [-0.4, -0.2) is 17.0 Å². The first kappa shape index (κ1) is 13.8. The summed E-state index contributed by atoms with van der Waals surface area (Å²) >= 11 is 0. The van der Waals surface area contributed by atoms with Gasteiger partial charge in [-0.1, -0.05) is 12.1 Å². The molecule has 0 aliphatic rings. The standard InChI is InChI=1S/C14H15N3O3/c1-10(11-3-6-13(20-2)7-4-11)16-14-8-5-12(9-15-14)17(18)19/h3-10H,1-2H3,(H,15,16). The van der Waals surface area contributed by atoms with Crippen LogP contribution in [0, 0.1) is 10.1 Å². The van der Waals surface area contributed by atoms with Crippen LogP contribution in [0.1, 0.15) is 18.5 Å². The van der Waals surface area contributed by atoms with Gasteiger partial charge in [-0.15, -0.1) is 0 Å². The maximum atomic E-state index is 10.5. The Morgan fingerprint density at radius 2 is 1.95 bits per heavy atom. The Bertz CT molecular complexity index is 582. The van der Waals surface area contributed by atoms with Gasteiger partial charge in [0.1, 0.15) is 17.8 Å². The number of pyridine rings is 1. The van der Waals surface area contributed by atoms with Crippen LogP contribution in [0.4, 0.5) is 11.5 Å². The summed E-state index contributed by atoms with van der Waals surface area (Å²) in [6.45, 7) is 1.99. The number of benzene rings is 1. The fourth-order valence-electron chi connectivity index (χ4n) is 1.78. The number of hydrogen-bond donors (Lipinski definition) is 1. The van der Waals surface area contributed by atoms with Crippen molar-refractivity contribution in [3.8, 4) is 5.75 Å². The van der Waals surface area contributed by atoms with Crippen LogP contribution >= 0.6 is 0 Å². The minimum atomic E-state index is -0.469. The van der Waals surface area contributed by atoms with Gasteiger partial charge in [0.2, 0.25) is 0 Å². The molecule has 0 saturated carbocycles. The van der Waals surface area contributed by atoms with Crippen LogP contribution in [0.25, 0.3) is 0 Å². The van der Waals surface area contributed by atoms with Gasteiger partial charge in [-0.05, 0) is 30.7 Å². The molecule has 2 rings (SSSR count). The Hall–Kier alpha value is -2.63. The van der Waals surface area contributed by atoms with Gasteiger partial charge in [-0.25, -0.2) is 4.98 Å². The molecular weight excluding hydrogens is 258 g/mol. The summed E-state index contributed by atoms with van der Waals surface area (Å²) in [4.78, 5) is 14.1. The van der Waals surface area contributed by atoms with Crippen molar-refractivity contribution < 1.29 is 9.66 Å². The Morgan fingerprint density at radius 3 is 2.45 bits per heavy atom. The van der Waals surface area contributed by atoms with E-state index in [0.29, 0.717) is 5.82 Å². The normalized spacial score (nSPS) is 11.7. The first-order valence-electron chi connectivity index (χ1n) is 6.11. The van der Waals surface area contributed by atoms with Gasteiger partial charge in [0.05, 0.1) is 12.0 Å². The molecule has 0 bridgehead atoms.